The maximum Gasteiger partial charge on any atom is 0.240 e. The number of rotatable bonds is 7. The van der Waals surface area contributed by atoms with E-state index in [9.17, 15) is 13.2 Å². The molecule has 148 valence electrons. The number of anilines is 1. The summed E-state index contributed by atoms with van der Waals surface area (Å²) in [5.41, 5.74) is 1.92. The molecule has 0 saturated heterocycles. The number of amides is 1. The molecule has 0 radical (unpaired) electrons. The Balaban J connectivity index is 1.68. The van der Waals surface area contributed by atoms with Gasteiger partial charge in [-0.15, -0.1) is 0 Å². The molecule has 8 heteroatoms. The normalized spacial score (nSPS) is 11.7. The molecule has 0 unspecified atom stereocenters. The second-order valence-electron chi connectivity index (χ2n) is 6.65. The first kappa shape index (κ1) is 19.9. The molecule has 3 rings (SSSR count). The van der Waals surface area contributed by atoms with Gasteiger partial charge in [0.1, 0.15) is 11.3 Å². The van der Waals surface area contributed by atoms with Gasteiger partial charge >= 0.3 is 0 Å². The predicted octanol–water partition coefficient (Wildman–Crippen LogP) is 3.31. The number of carbonyl (C=O) groups is 1. The summed E-state index contributed by atoms with van der Waals surface area (Å²) in [6, 6.07) is 11.3. The van der Waals surface area contributed by atoms with Crippen LogP contribution < -0.4 is 14.8 Å². The van der Waals surface area contributed by atoms with Gasteiger partial charge in [-0.25, -0.2) is 13.1 Å². The van der Waals surface area contributed by atoms with Crippen LogP contribution in [0.15, 0.2) is 58.0 Å². The third kappa shape index (κ3) is 4.52. The molecule has 1 heterocycles. The average Bonchev–Trinajstić information content (AvgIpc) is 3.03. The molecule has 1 aromatic heterocycles. The molecule has 0 saturated carbocycles. The van der Waals surface area contributed by atoms with Crippen molar-refractivity contribution in [3.8, 4) is 5.75 Å². The molecule has 0 fully saturated rings. The molecule has 7 nitrogen and oxygen atoms in total. The van der Waals surface area contributed by atoms with Crippen LogP contribution in [0, 0.1) is 0 Å². The molecule has 1 amide bonds. The monoisotopic (exact) mass is 402 g/mol. The number of benzene rings is 2. The van der Waals surface area contributed by atoms with Gasteiger partial charge < -0.3 is 14.5 Å². The molecular weight excluding hydrogens is 380 g/mol. The maximum atomic E-state index is 12.4. The Bertz CT molecular complexity index is 1090. The maximum absolute atomic E-state index is 12.4. The van der Waals surface area contributed by atoms with Crippen molar-refractivity contribution in [2.24, 2.45) is 0 Å². The first-order valence-electron chi connectivity index (χ1n) is 8.75. The number of fused-ring (bicyclic) bond motifs is 1. The van der Waals surface area contributed by atoms with Crippen LogP contribution >= 0.6 is 0 Å². The minimum absolute atomic E-state index is 0.133. The highest BCUT2D eigenvalue weighted by Crippen LogP contribution is 2.26. The highest BCUT2D eigenvalue weighted by Gasteiger charge is 2.16. The Labute approximate surface area is 163 Å². The number of hydrogen-bond donors (Lipinski definition) is 2. The lowest BCUT2D eigenvalue weighted by atomic mass is 10.1. The smallest absolute Gasteiger partial charge is 0.240 e. The molecular formula is C20H22N2O5S. The lowest BCUT2D eigenvalue weighted by molar-refractivity contribution is -0.115. The Hall–Kier alpha value is -2.84. The van der Waals surface area contributed by atoms with E-state index in [4.69, 9.17) is 9.15 Å². The van der Waals surface area contributed by atoms with E-state index in [-0.39, 0.29) is 23.3 Å². The second-order valence-corrected chi connectivity index (χ2v) is 8.36. The van der Waals surface area contributed by atoms with Crippen LogP contribution in [0.4, 0.5) is 5.69 Å². The van der Waals surface area contributed by atoms with Crippen molar-refractivity contribution in [3.63, 3.8) is 0 Å². The largest absolute Gasteiger partial charge is 0.497 e. The minimum atomic E-state index is -3.56. The Morgan fingerprint density at radius 2 is 1.86 bits per heavy atom. The fraction of sp³-hybridized carbons (Fsp3) is 0.250. The van der Waals surface area contributed by atoms with E-state index in [0.29, 0.717) is 17.0 Å². The molecule has 28 heavy (non-hydrogen) atoms. The Morgan fingerprint density at radius 3 is 2.50 bits per heavy atom. The van der Waals surface area contributed by atoms with E-state index in [1.807, 2.05) is 12.1 Å². The zero-order chi connectivity index (χ0) is 20.3. The highest BCUT2D eigenvalue weighted by molar-refractivity contribution is 7.89. The minimum Gasteiger partial charge on any atom is -0.497 e. The lowest BCUT2D eigenvalue weighted by Gasteiger charge is -2.10. The molecule has 0 aliphatic carbocycles. The van der Waals surface area contributed by atoms with Crippen molar-refractivity contribution in [2.45, 2.75) is 31.2 Å². The third-order valence-corrected chi connectivity index (χ3v) is 5.73. The summed E-state index contributed by atoms with van der Waals surface area (Å²) >= 11 is 0. The predicted molar refractivity (Wildman–Crippen MR) is 107 cm³/mol. The average molecular weight is 402 g/mol. The van der Waals surface area contributed by atoms with Gasteiger partial charge in [-0.05, 0) is 50.2 Å². The summed E-state index contributed by atoms with van der Waals surface area (Å²) in [7, 11) is -1.98. The van der Waals surface area contributed by atoms with Crippen LogP contribution in [0.1, 0.15) is 19.4 Å². The fourth-order valence-electron chi connectivity index (χ4n) is 2.80. The SMILES string of the molecule is COc1ccc2c(CC(=O)Nc3ccc(S(=O)(=O)NC(C)C)cc3)coc2c1. The zero-order valence-electron chi connectivity index (χ0n) is 15.9. The quantitative estimate of drug-likeness (QED) is 0.632. The van der Waals surface area contributed by atoms with Gasteiger partial charge in [0.25, 0.3) is 0 Å². The van der Waals surface area contributed by atoms with Gasteiger partial charge in [-0.2, -0.15) is 0 Å². The second kappa shape index (κ2) is 8.04. The molecule has 2 aromatic carbocycles. The molecule has 3 aromatic rings. The third-order valence-electron chi connectivity index (χ3n) is 4.05. The number of methoxy groups -OCH3 is 1. The number of ether oxygens (including phenoxy) is 1. The summed E-state index contributed by atoms with van der Waals surface area (Å²) in [4.78, 5) is 12.5. The standard InChI is InChI=1S/C20H22N2O5S/c1-13(2)22-28(24,25)17-7-4-15(5-8-17)21-20(23)10-14-12-27-19-11-16(26-3)6-9-18(14)19/h4-9,11-13,22H,10H2,1-3H3,(H,21,23). The van der Waals surface area contributed by atoms with Gasteiger partial charge in [0.05, 0.1) is 24.7 Å². The van der Waals surface area contributed by atoms with Crippen LogP contribution in [0.25, 0.3) is 11.0 Å². The summed E-state index contributed by atoms with van der Waals surface area (Å²) in [6.45, 7) is 3.50. The van der Waals surface area contributed by atoms with Gasteiger partial charge in [-0.3, -0.25) is 4.79 Å². The van der Waals surface area contributed by atoms with Crippen LogP contribution in [0.5, 0.6) is 5.75 Å². The van der Waals surface area contributed by atoms with Crippen LogP contribution in [0.3, 0.4) is 0 Å². The number of sulfonamides is 1. The molecule has 0 aliphatic rings. The van der Waals surface area contributed by atoms with E-state index in [1.165, 1.54) is 12.1 Å². The van der Waals surface area contributed by atoms with Crippen molar-refractivity contribution >= 4 is 32.6 Å². The fourth-order valence-corrected chi connectivity index (χ4v) is 4.05. The van der Waals surface area contributed by atoms with Crippen molar-refractivity contribution in [1.29, 1.82) is 0 Å². The highest BCUT2D eigenvalue weighted by atomic mass is 32.2. The molecule has 2 N–H and O–H groups in total. The number of hydrogen-bond acceptors (Lipinski definition) is 5. The first-order chi connectivity index (χ1) is 13.3. The van der Waals surface area contributed by atoms with Crippen molar-refractivity contribution in [3.05, 3.63) is 54.3 Å². The lowest BCUT2D eigenvalue weighted by Crippen LogP contribution is -2.30. The Kier molecular flexibility index (Phi) is 5.71. The van der Waals surface area contributed by atoms with Crippen LogP contribution in [0.2, 0.25) is 0 Å². The topological polar surface area (TPSA) is 97.6 Å². The van der Waals surface area contributed by atoms with Crippen molar-refractivity contribution < 1.29 is 22.4 Å². The first-order valence-corrected chi connectivity index (χ1v) is 10.2. The molecule has 0 bridgehead atoms. The number of carbonyl (C=O) groups excluding carboxylic acids is 1. The van der Waals surface area contributed by atoms with Crippen LogP contribution in [-0.2, 0) is 21.2 Å². The number of nitrogens with one attached hydrogen (secondary N) is 2. The van der Waals surface area contributed by atoms with Gasteiger partial charge in [0.15, 0.2) is 0 Å². The summed E-state index contributed by atoms with van der Waals surface area (Å²) in [6.07, 6.45) is 1.69. The van der Waals surface area contributed by atoms with E-state index in [1.54, 1.807) is 45.4 Å². The Morgan fingerprint density at radius 1 is 1.14 bits per heavy atom. The molecule has 0 aliphatic heterocycles. The van der Waals surface area contributed by atoms with Crippen molar-refractivity contribution in [2.75, 3.05) is 12.4 Å². The van der Waals surface area contributed by atoms with E-state index < -0.39 is 10.0 Å². The van der Waals surface area contributed by atoms with E-state index in [2.05, 4.69) is 10.0 Å². The summed E-state index contributed by atoms with van der Waals surface area (Å²) < 4.78 is 37.4. The molecule has 0 atom stereocenters. The van der Waals surface area contributed by atoms with Crippen molar-refractivity contribution in [1.82, 2.24) is 4.72 Å². The number of furan rings is 1. The van der Waals surface area contributed by atoms with E-state index >= 15 is 0 Å². The van der Waals surface area contributed by atoms with Gasteiger partial charge in [0, 0.05) is 28.7 Å². The van der Waals surface area contributed by atoms with E-state index in [0.717, 1.165) is 10.9 Å². The van der Waals surface area contributed by atoms with Gasteiger partial charge in [-0.1, -0.05) is 0 Å². The zero-order valence-corrected chi connectivity index (χ0v) is 16.7. The molecule has 0 spiro atoms. The van der Waals surface area contributed by atoms with Crippen LogP contribution in [-0.4, -0.2) is 27.5 Å². The summed E-state index contributed by atoms with van der Waals surface area (Å²) in [5.74, 6) is 0.453. The summed E-state index contributed by atoms with van der Waals surface area (Å²) in [5, 5.41) is 3.61. The van der Waals surface area contributed by atoms with Gasteiger partial charge in [0.2, 0.25) is 15.9 Å².